The van der Waals surface area contributed by atoms with Crippen molar-refractivity contribution in [2.24, 2.45) is 5.73 Å². The molecule has 0 radical (unpaired) electrons. The van der Waals surface area contributed by atoms with Gasteiger partial charge < -0.3 is 26.0 Å². The second-order valence-corrected chi connectivity index (χ2v) is 9.46. The van der Waals surface area contributed by atoms with E-state index in [1.807, 2.05) is 6.07 Å². The molecule has 4 N–H and O–H groups in total. The van der Waals surface area contributed by atoms with Crippen molar-refractivity contribution < 1.29 is 27.5 Å². The first-order valence-electron chi connectivity index (χ1n) is 12.6. The molecule has 0 aliphatic carbocycles. The monoisotopic (exact) mass is 540 g/mol. The van der Waals surface area contributed by atoms with Gasteiger partial charge in [0.1, 0.15) is 23.3 Å². The Balaban J connectivity index is 1.50. The molecular weight excluding hydrogens is 513 g/mol. The summed E-state index contributed by atoms with van der Waals surface area (Å²) in [5.41, 5.74) is 6.07. The lowest BCUT2D eigenvalue weighted by Gasteiger charge is -2.30. The highest BCUT2D eigenvalue weighted by Crippen LogP contribution is 2.38. The molecule has 2 aliphatic rings. The Morgan fingerprint density at radius 2 is 1.79 bits per heavy atom. The Morgan fingerprint density at radius 3 is 2.44 bits per heavy atom. The Bertz CT molecular complexity index is 1370. The number of anilines is 2. The molecule has 39 heavy (non-hydrogen) atoms. The first-order chi connectivity index (χ1) is 18.7. The quantitative estimate of drug-likeness (QED) is 0.407. The number of rotatable bonds is 7. The van der Waals surface area contributed by atoms with E-state index in [0.717, 1.165) is 50.2 Å². The van der Waals surface area contributed by atoms with Crippen LogP contribution in [0.25, 0.3) is 11.4 Å². The van der Waals surface area contributed by atoms with Crippen LogP contribution in [0.5, 0.6) is 11.5 Å². The third kappa shape index (κ3) is 6.05. The van der Waals surface area contributed by atoms with Crippen LogP contribution in [-0.2, 0) is 11.0 Å². The van der Waals surface area contributed by atoms with Crippen LogP contribution in [-0.4, -0.2) is 47.5 Å². The molecule has 1 atom stereocenters. The average molecular weight is 541 g/mol. The van der Waals surface area contributed by atoms with Crippen molar-refractivity contribution in [1.29, 1.82) is 0 Å². The average Bonchev–Trinajstić information content (AvgIpc) is 3.33. The second kappa shape index (κ2) is 10.8. The Labute approximate surface area is 222 Å². The molecule has 1 aromatic heterocycles. The number of hydrogen-bond acceptors (Lipinski definition) is 7. The number of carbonyl (C=O) groups excluding carboxylic acids is 2. The van der Waals surface area contributed by atoms with Crippen LogP contribution >= 0.6 is 0 Å². The van der Waals surface area contributed by atoms with Gasteiger partial charge in [-0.3, -0.25) is 9.59 Å². The van der Waals surface area contributed by atoms with Crippen LogP contribution in [0.3, 0.4) is 0 Å². The number of carbonyl (C=O) groups is 2. The van der Waals surface area contributed by atoms with E-state index in [2.05, 4.69) is 25.5 Å². The lowest BCUT2D eigenvalue weighted by atomic mass is 10.1. The summed E-state index contributed by atoms with van der Waals surface area (Å²) in [6.07, 6.45) is -0.809. The molecule has 12 heteroatoms. The molecule has 2 fully saturated rings. The van der Waals surface area contributed by atoms with E-state index in [1.54, 1.807) is 12.1 Å². The van der Waals surface area contributed by atoms with Gasteiger partial charge in [0, 0.05) is 31.3 Å². The van der Waals surface area contributed by atoms with Gasteiger partial charge >= 0.3 is 6.18 Å². The maximum Gasteiger partial charge on any atom is 0.416 e. The van der Waals surface area contributed by atoms with Gasteiger partial charge in [0.05, 0.1) is 11.3 Å². The normalized spacial score (nSPS) is 17.6. The van der Waals surface area contributed by atoms with Crippen LogP contribution in [0.15, 0.2) is 48.5 Å². The fraction of sp³-hybridized carbons (Fsp3) is 0.333. The standard InChI is InChI=1S/C27H27F3N6O3/c28-27(29,30)17-5-7-18(8-6-17)39-22-9-4-16(14-21(22)36-12-2-1-3-13-36)25-34-20(24(31)37)15-23(35-25)33-19-10-11-32-26(19)38/h4-9,14-15,19H,1-3,10-13H2,(H2,31,37)(H,32,38)(H,33,34,35)/t19-/m1/s1. The summed E-state index contributed by atoms with van der Waals surface area (Å²) in [5, 5.41) is 5.79. The van der Waals surface area contributed by atoms with Gasteiger partial charge in [-0.15, -0.1) is 0 Å². The molecule has 204 valence electrons. The number of benzene rings is 2. The molecule has 3 heterocycles. The number of amides is 2. The molecule has 0 saturated carbocycles. The van der Waals surface area contributed by atoms with Gasteiger partial charge in [0.25, 0.3) is 5.91 Å². The van der Waals surface area contributed by atoms with E-state index in [4.69, 9.17) is 10.5 Å². The van der Waals surface area contributed by atoms with Crippen molar-refractivity contribution >= 4 is 23.3 Å². The predicted octanol–water partition coefficient (Wildman–Crippen LogP) is 4.34. The van der Waals surface area contributed by atoms with Crippen LogP contribution in [0.2, 0.25) is 0 Å². The van der Waals surface area contributed by atoms with Gasteiger partial charge in [-0.05, 0) is 68.1 Å². The van der Waals surface area contributed by atoms with E-state index in [1.165, 1.54) is 18.2 Å². The molecular formula is C27H27F3N6O3. The Morgan fingerprint density at radius 1 is 1.05 bits per heavy atom. The molecule has 0 spiro atoms. The smallest absolute Gasteiger partial charge is 0.416 e. The van der Waals surface area contributed by atoms with E-state index in [0.29, 0.717) is 30.1 Å². The second-order valence-electron chi connectivity index (χ2n) is 9.46. The number of aromatic nitrogens is 2. The van der Waals surface area contributed by atoms with Gasteiger partial charge in [0.15, 0.2) is 11.6 Å². The lowest BCUT2D eigenvalue weighted by molar-refractivity contribution is -0.137. The van der Waals surface area contributed by atoms with Crippen molar-refractivity contribution in [2.45, 2.75) is 37.9 Å². The van der Waals surface area contributed by atoms with Crippen LogP contribution in [0.1, 0.15) is 41.7 Å². The Kier molecular flexibility index (Phi) is 7.27. The van der Waals surface area contributed by atoms with Crippen molar-refractivity contribution in [3.63, 3.8) is 0 Å². The van der Waals surface area contributed by atoms with Gasteiger partial charge in [0.2, 0.25) is 5.91 Å². The summed E-state index contributed by atoms with van der Waals surface area (Å²) >= 11 is 0. The summed E-state index contributed by atoms with van der Waals surface area (Å²) in [7, 11) is 0. The van der Waals surface area contributed by atoms with Gasteiger partial charge in [-0.2, -0.15) is 13.2 Å². The summed E-state index contributed by atoms with van der Waals surface area (Å²) in [5.74, 6) is 0.353. The fourth-order valence-corrected chi connectivity index (χ4v) is 4.65. The zero-order valence-corrected chi connectivity index (χ0v) is 20.9. The van der Waals surface area contributed by atoms with Crippen LogP contribution < -0.4 is 26.0 Å². The summed E-state index contributed by atoms with van der Waals surface area (Å²) in [6.45, 7) is 2.09. The fourth-order valence-electron chi connectivity index (χ4n) is 4.65. The zero-order valence-electron chi connectivity index (χ0n) is 20.9. The Hall–Kier alpha value is -4.35. The highest BCUT2D eigenvalue weighted by molar-refractivity contribution is 5.92. The van der Waals surface area contributed by atoms with E-state index < -0.39 is 23.7 Å². The maximum atomic E-state index is 13.0. The molecule has 5 rings (SSSR count). The van der Waals surface area contributed by atoms with Crippen molar-refractivity contribution in [1.82, 2.24) is 15.3 Å². The lowest BCUT2D eigenvalue weighted by Crippen LogP contribution is -2.30. The van der Waals surface area contributed by atoms with E-state index in [-0.39, 0.29) is 23.2 Å². The minimum atomic E-state index is -4.44. The SMILES string of the molecule is NC(=O)c1cc(N[C@@H]2CCNC2=O)nc(-c2ccc(Oc3ccc(C(F)(F)F)cc3)c(N3CCCCC3)c2)n1. The van der Waals surface area contributed by atoms with E-state index in [9.17, 15) is 22.8 Å². The number of alkyl halides is 3. The van der Waals surface area contributed by atoms with Crippen molar-refractivity contribution in [3.8, 4) is 22.9 Å². The summed E-state index contributed by atoms with van der Waals surface area (Å²) < 4.78 is 45.0. The molecule has 0 bridgehead atoms. The van der Waals surface area contributed by atoms with Crippen molar-refractivity contribution in [3.05, 3.63) is 59.8 Å². The predicted molar refractivity (Wildman–Crippen MR) is 139 cm³/mol. The van der Waals surface area contributed by atoms with Gasteiger partial charge in [-0.25, -0.2) is 9.97 Å². The first-order valence-corrected chi connectivity index (χ1v) is 12.6. The number of halogens is 3. The number of piperidine rings is 1. The summed E-state index contributed by atoms with van der Waals surface area (Å²) in [4.78, 5) is 35.1. The molecule has 2 aliphatic heterocycles. The number of ether oxygens (including phenoxy) is 1. The molecule has 2 saturated heterocycles. The topological polar surface area (TPSA) is 122 Å². The minimum absolute atomic E-state index is 0.00879. The number of nitrogens with two attached hydrogens (primary N) is 1. The summed E-state index contributed by atoms with van der Waals surface area (Å²) in [6, 6.07) is 10.7. The zero-order chi connectivity index (χ0) is 27.6. The van der Waals surface area contributed by atoms with Gasteiger partial charge in [-0.1, -0.05) is 0 Å². The number of hydrogen-bond donors (Lipinski definition) is 3. The van der Waals surface area contributed by atoms with Crippen LogP contribution in [0.4, 0.5) is 24.7 Å². The minimum Gasteiger partial charge on any atom is -0.455 e. The third-order valence-corrected chi connectivity index (χ3v) is 6.67. The highest BCUT2D eigenvalue weighted by Gasteiger charge is 2.30. The molecule has 9 nitrogen and oxygen atoms in total. The third-order valence-electron chi connectivity index (χ3n) is 6.67. The maximum absolute atomic E-state index is 13.0. The van der Waals surface area contributed by atoms with Crippen molar-refractivity contribution in [2.75, 3.05) is 29.9 Å². The molecule has 0 unspecified atom stereocenters. The number of nitrogens with zero attached hydrogens (tertiary/aromatic N) is 3. The largest absolute Gasteiger partial charge is 0.455 e. The van der Waals surface area contributed by atoms with E-state index >= 15 is 0 Å². The molecule has 3 aromatic rings. The highest BCUT2D eigenvalue weighted by atomic mass is 19.4. The molecule has 2 amide bonds. The number of nitrogens with one attached hydrogen (secondary N) is 2. The molecule has 2 aromatic carbocycles. The van der Waals surface area contributed by atoms with Crippen LogP contribution in [0, 0.1) is 0 Å². The first kappa shape index (κ1) is 26.3. The number of primary amides is 1.